The molecular formula is C20H26ClN3O2S. The Labute approximate surface area is 170 Å². The molecule has 0 spiro atoms. The molecule has 146 valence electrons. The van der Waals surface area contributed by atoms with E-state index in [0.717, 1.165) is 59.6 Å². The first-order valence-corrected chi connectivity index (χ1v) is 10.2. The third-order valence-corrected chi connectivity index (χ3v) is 6.26. The highest BCUT2D eigenvalue weighted by atomic mass is 35.5. The number of methoxy groups -OCH3 is 1. The molecule has 2 fully saturated rings. The van der Waals surface area contributed by atoms with Crippen molar-refractivity contribution >= 4 is 29.7 Å². The lowest BCUT2D eigenvalue weighted by Gasteiger charge is -2.32. The highest BCUT2D eigenvalue weighted by Crippen LogP contribution is 2.29. The van der Waals surface area contributed by atoms with Crippen LogP contribution >= 0.6 is 23.7 Å². The lowest BCUT2D eigenvalue weighted by atomic mass is 10.0. The van der Waals surface area contributed by atoms with Gasteiger partial charge in [-0.2, -0.15) is 0 Å². The van der Waals surface area contributed by atoms with Crippen LogP contribution in [0, 0.1) is 5.92 Å². The van der Waals surface area contributed by atoms with Crippen molar-refractivity contribution in [3.05, 3.63) is 35.3 Å². The Hall–Kier alpha value is -1.63. The van der Waals surface area contributed by atoms with Crippen molar-refractivity contribution in [1.29, 1.82) is 0 Å². The number of amides is 1. The van der Waals surface area contributed by atoms with Gasteiger partial charge in [-0.15, -0.1) is 23.7 Å². The molecule has 1 N–H and O–H groups in total. The van der Waals surface area contributed by atoms with Crippen molar-refractivity contribution in [2.24, 2.45) is 5.92 Å². The Morgan fingerprint density at radius 1 is 1.22 bits per heavy atom. The molecule has 2 heterocycles. The summed E-state index contributed by atoms with van der Waals surface area (Å²) in [6, 6.07) is 8.34. The van der Waals surface area contributed by atoms with Crippen LogP contribution in [0.15, 0.2) is 30.5 Å². The Kier molecular flexibility index (Phi) is 6.73. The summed E-state index contributed by atoms with van der Waals surface area (Å²) < 4.78 is 5.19. The van der Waals surface area contributed by atoms with Crippen LogP contribution < -0.4 is 10.1 Å². The van der Waals surface area contributed by atoms with Crippen molar-refractivity contribution in [2.75, 3.05) is 26.7 Å². The van der Waals surface area contributed by atoms with Gasteiger partial charge in [0, 0.05) is 24.7 Å². The molecule has 1 aliphatic carbocycles. The zero-order chi connectivity index (χ0) is 17.9. The topological polar surface area (TPSA) is 54.5 Å². The number of halogens is 1. The molecule has 2 aromatic rings. The highest BCUT2D eigenvalue weighted by Gasteiger charge is 2.27. The second-order valence-corrected chi connectivity index (χ2v) is 8.21. The number of aromatic nitrogens is 1. The van der Waals surface area contributed by atoms with Crippen molar-refractivity contribution in [3.63, 3.8) is 0 Å². The molecule has 4 rings (SSSR count). The molecular weight excluding hydrogens is 382 g/mol. The number of nitrogens with one attached hydrogen (secondary N) is 1. The smallest absolute Gasteiger partial charge is 0.265 e. The van der Waals surface area contributed by atoms with E-state index in [1.54, 1.807) is 13.3 Å². The summed E-state index contributed by atoms with van der Waals surface area (Å²) in [5.41, 5.74) is 1.01. The Morgan fingerprint density at radius 2 is 1.93 bits per heavy atom. The fraction of sp³-hybridized carbons (Fsp3) is 0.500. The van der Waals surface area contributed by atoms with E-state index in [-0.39, 0.29) is 18.3 Å². The van der Waals surface area contributed by atoms with Gasteiger partial charge < -0.3 is 15.0 Å². The quantitative estimate of drug-likeness (QED) is 0.790. The number of carbonyl (C=O) groups excluding carboxylic acids is 1. The van der Waals surface area contributed by atoms with Gasteiger partial charge in [0.15, 0.2) is 0 Å². The van der Waals surface area contributed by atoms with Crippen LogP contribution in [0.2, 0.25) is 0 Å². The van der Waals surface area contributed by atoms with Crippen molar-refractivity contribution in [2.45, 2.75) is 31.7 Å². The van der Waals surface area contributed by atoms with Crippen LogP contribution in [0.3, 0.4) is 0 Å². The van der Waals surface area contributed by atoms with Gasteiger partial charge in [0.1, 0.15) is 15.6 Å². The number of rotatable bonds is 6. The number of piperidine rings is 1. The van der Waals surface area contributed by atoms with Crippen LogP contribution in [-0.4, -0.2) is 48.6 Å². The molecule has 7 heteroatoms. The maximum atomic E-state index is 12.8. The van der Waals surface area contributed by atoms with Crippen molar-refractivity contribution in [1.82, 2.24) is 15.2 Å². The molecule has 1 aromatic carbocycles. The lowest BCUT2D eigenvalue weighted by Crippen LogP contribution is -2.45. The summed E-state index contributed by atoms with van der Waals surface area (Å²) in [6.45, 7) is 2.81. The first-order valence-electron chi connectivity index (χ1n) is 9.36. The van der Waals surface area contributed by atoms with Gasteiger partial charge in [-0.3, -0.25) is 4.79 Å². The number of thiazole rings is 1. The Bertz CT molecular complexity index is 753. The molecule has 0 atom stereocenters. The van der Waals surface area contributed by atoms with E-state index >= 15 is 0 Å². The minimum atomic E-state index is 0. The molecule has 2 aliphatic rings. The monoisotopic (exact) mass is 407 g/mol. The summed E-state index contributed by atoms with van der Waals surface area (Å²) in [6.07, 6.45) is 6.56. The number of ether oxygens (including phenoxy) is 1. The summed E-state index contributed by atoms with van der Waals surface area (Å²) in [5.74, 6) is 1.84. The van der Waals surface area contributed by atoms with Crippen molar-refractivity contribution < 1.29 is 9.53 Å². The number of hydrogen-bond donors (Lipinski definition) is 1. The predicted molar refractivity (Wildman–Crippen MR) is 111 cm³/mol. The number of likely N-dealkylation sites (tertiary alicyclic amines) is 1. The second kappa shape index (κ2) is 9.04. The van der Waals surface area contributed by atoms with Crippen LogP contribution in [0.25, 0.3) is 10.6 Å². The Morgan fingerprint density at radius 3 is 2.56 bits per heavy atom. The van der Waals surface area contributed by atoms with Gasteiger partial charge >= 0.3 is 0 Å². The molecule has 1 aliphatic heterocycles. The maximum absolute atomic E-state index is 12.8. The fourth-order valence-electron chi connectivity index (χ4n) is 3.34. The zero-order valence-corrected chi connectivity index (χ0v) is 17.2. The molecule has 0 unspecified atom stereocenters. The van der Waals surface area contributed by atoms with Crippen molar-refractivity contribution in [3.8, 4) is 16.3 Å². The van der Waals surface area contributed by atoms with Gasteiger partial charge in [0.05, 0.1) is 13.3 Å². The van der Waals surface area contributed by atoms with E-state index in [1.807, 2.05) is 29.2 Å². The van der Waals surface area contributed by atoms with E-state index in [0.29, 0.717) is 6.04 Å². The van der Waals surface area contributed by atoms with Crippen LogP contribution in [-0.2, 0) is 0 Å². The van der Waals surface area contributed by atoms with Gasteiger partial charge in [-0.05, 0) is 62.4 Å². The van der Waals surface area contributed by atoms with E-state index in [4.69, 9.17) is 4.74 Å². The third-order valence-electron chi connectivity index (χ3n) is 5.23. The molecule has 1 saturated carbocycles. The molecule has 5 nitrogen and oxygen atoms in total. The normalized spacial score (nSPS) is 17.4. The second-order valence-electron chi connectivity index (χ2n) is 7.18. The van der Waals surface area contributed by atoms with E-state index in [1.165, 1.54) is 24.2 Å². The minimum Gasteiger partial charge on any atom is -0.497 e. The number of carbonyl (C=O) groups is 1. The standard InChI is InChI=1S/C20H25N3O2S.ClH/c1-25-17-6-4-15(5-7-17)19-22-13-18(26-19)20(24)23-10-8-16(9-11-23)21-12-14-2-3-14;/h4-7,13-14,16,21H,2-3,8-12H2,1H3;1H. The Balaban J connectivity index is 0.00000210. The average molecular weight is 408 g/mol. The summed E-state index contributed by atoms with van der Waals surface area (Å²) >= 11 is 1.47. The fourth-order valence-corrected chi connectivity index (χ4v) is 4.23. The molecule has 1 aromatic heterocycles. The first kappa shape index (κ1) is 20.1. The molecule has 0 radical (unpaired) electrons. The van der Waals surface area contributed by atoms with Gasteiger partial charge in [0.2, 0.25) is 0 Å². The largest absolute Gasteiger partial charge is 0.497 e. The third kappa shape index (κ3) is 5.00. The molecule has 0 bridgehead atoms. The minimum absolute atomic E-state index is 0. The summed E-state index contributed by atoms with van der Waals surface area (Å²) in [7, 11) is 1.65. The van der Waals surface area contributed by atoms with Crippen LogP contribution in [0.1, 0.15) is 35.4 Å². The number of hydrogen-bond acceptors (Lipinski definition) is 5. The maximum Gasteiger partial charge on any atom is 0.265 e. The average Bonchev–Trinajstić information content (AvgIpc) is 3.40. The molecule has 27 heavy (non-hydrogen) atoms. The van der Waals surface area contributed by atoms with E-state index in [9.17, 15) is 4.79 Å². The van der Waals surface area contributed by atoms with Gasteiger partial charge in [-0.1, -0.05) is 0 Å². The van der Waals surface area contributed by atoms with Gasteiger partial charge in [0.25, 0.3) is 5.91 Å². The first-order chi connectivity index (χ1) is 12.7. The lowest BCUT2D eigenvalue weighted by molar-refractivity contribution is 0.0709. The summed E-state index contributed by atoms with van der Waals surface area (Å²) in [4.78, 5) is 19.9. The number of benzene rings is 1. The van der Waals surface area contributed by atoms with E-state index in [2.05, 4.69) is 10.3 Å². The van der Waals surface area contributed by atoms with E-state index < -0.39 is 0 Å². The number of nitrogens with zero attached hydrogens (tertiary/aromatic N) is 2. The SMILES string of the molecule is COc1ccc(-c2ncc(C(=O)N3CCC(NCC4CC4)CC3)s2)cc1.Cl. The van der Waals surface area contributed by atoms with Crippen LogP contribution in [0.5, 0.6) is 5.75 Å². The summed E-state index contributed by atoms with van der Waals surface area (Å²) in [5, 5.41) is 4.53. The zero-order valence-electron chi connectivity index (χ0n) is 15.5. The van der Waals surface area contributed by atoms with Crippen LogP contribution in [0.4, 0.5) is 0 Å². The molecule has 1 saturated heterocycles. The highest BCUT2D eigenvalue weighted by molar-refractivity contribution is 7.16. The predicted octanol–water partition coefficient (Wildman–Crippen LogP) is 3.84. The van der Waals surface area contributed by atoms with Gasteiger partial charge in [-0.25, -0.2) is 4.98 Å². The molecule has 1 amide bonds.